The molecule has 2 amide bonds. The quantitative estimate of drug-likeness (QED) is 0.597. The molecule has 2 aliphatic rings. The molecule has 2 aromatic carbocycles. The Balaban J connectivity index is 1.46. The van der Waals surface area contributed by atoms with Gasteiger partial charge in [-0.1, -0.05) is 23.7 Å². The van der Waals surface area contributed by atoms with Gasteiger partial charge in [0, 0.05) is 24.8 Å². The Labute approximate surface area is 204 Å². The number of nitriles is 1. The second-order valence-corrected chi connectivity index (χ2v) is 9.66. The Morgan fingerprint density at radius 2 is 1.97 bits per heavy atom. The Morgan fingerprint density at radius 3 is 2.65 bits per heavy atom. The van der Waals surface area contributed by atoms with Gasteiger partial charge in [-0.25, -0.2) is 9.18 Å². The Bertz CT molecular complexity index is 1060. The average molecular weight is 485 g/mol. The molecule has 8 heteroatoms. The number of carbonyl (C=O) groups is 1. The predicted octanol–water partition coefficient (Wildman–Crippen LogP) is 5.11. The van der Waals surface area contributed by atoms with Gasteiger partial charge >= 0.3 is 6.03 Å². The van der Waals surface area contributed by atoms with E-state index in [4.69, 9.17) is 11.6 Å². The lowest BCUT2D eigenvalue weighted by atomic mass is 9.77. The van der Waals surface area contributed by atoms with E-state index in [2.05, 4.69) is 16.3 Å². The van der Waals surface area contributed by atoms with Crippen LogP contribution in [0.4, 0.5) is 14.9 Å². The average Bonchev–Trinajstić information content (AvgIpc) is 3.36. The van der Waals surface area contributed by atoms with Crippen molar-refractivity contribution in [2.24, 2.45) is 0 Å². The highest BCUT2D eigenvalue weighted by molar-refractivity contribution is 6.31. The molecule has 6 nitrogen and oxygen atoms in total. The highest BCUT2D eigenvalue weighted by atomic mass is 35.5. The van der Waals surface area contributed by atoms with E-state index in [9.17, 15) is 19.6 Å². The molecule has 0 aromatic heterocycles. The number of benzene rings is 2. The molecule has 1 aliphatic carbocycles. The van der Waals surface area contributed by atoms with Crippen molar-refractivity contribution in [1.82, 2.24) is 9.80 Å². The fourth-order valence-corrected chi connectivity index (χ4v) is 5.21. The molecule has 1 heterocycles. The number of halogens is 2. The van der Waals surface area contributed by atoms with Crippen LogP contribution in [0.1, 0.15) is 49.7 Å². The first kappa shape index (κ1) is 24.5. The third-order valence-electron chi connectivity index (χ3n) is 7.04. The van der Waals surface area contributed by atoms with Gasteiger partial charge in [0.1, 0.15) is 5.82 Å². The van der Waals surface area contributed by atoms with Crippen LogP contribution >= 0.6 is 11.6 Å². The van der Waals surface area contributed by atoms with E-state index in [0.717, 1.165) is 25.2 Å². The fraction of sp³-hybridized carbons (Fsp3) is 0.462. The molecule has 2 N–H and O–H groups in total. The van der Waals surface area contributed by atoms with E-state index in [-0.39, 0.29) is 17.1 Å². The summed E-state index contributed by atoms with van der Waals surface area (Å²) in [6, 6.07) is 13.1. The Morgan fingerprint density at radius 1 is 1.24 bits per heavy atom. The van der Waals surface area contributed by atoms with Crippen molar-refractivity contribution in [2.75, 3.05) is 31.5 Å². The number of hydrogen-bond acceptors (Lipinski definition) is 4. The molecule has 0 unspecified atom stereocenters. The normalized spacial score (nSPS) is 22.8. The number of nitrogens with one attached hydrogen (secondary N) is 1. The van der Waals surface area contributed by atoms with E-state index < -0.39 is 11.4 Å². The number of amides is 2. The van der Waals surface area contributed by atoms with E-state index in [1.165, 1.54) is 31.0 Å². The SMILES string of the molecule is N#Cc1cccc(C2(O)CCC(N(CCN3CCCC3)C(=O)Nc3ccc(F)c(Cl)c3)CC2)c1. The number of urea groups is 1. The number of rotatable bonds is 6. The van der Waals surface area contributed by atoms with Crippen LogP contribution in [0, 0.1) is 17.1 Å². The van der Waals surface area contributed by atoms with E-state index in [0.29, 0.717) is 43.5 Å². The van der Waals surface area contributed by atoms with Crippen LogP contribution in [0.25, 0.3) is 0 Å². The van der Waals surface area contributed by atoms with Crippen LogP contribution < -0.4 is 5.32 Å². The van der Waals surface area contributed by atoms with E-state index in [1.807, 2.05) is 11.0 Å². The molecule has 0 atom stereocenters. The van der Waals surface area contributed by atoms with Gasteiger partial charge in [-0.2, -0.15) is 5.26 Å². The zero-order valence-electron chi connectivity index (χ0n) is 19.1. The maximum absolute atomic E-state index is 13.5. The summed E-state index contributed by atoms with van der Waals surface area (Å²) in [5.41, 5.74) is 0.713. The molecule has 1 aliphatic heterocycles. The van der Waals surface area contributed by atoms with E-state index >= 15 is 0 Å². The first-order chi connectivity index (χ1) is 16.4. The third kappa shape index (κ3) is 5.69. The lowest BCUT2D eigenvalue weighted by Crippen LogP contribution is -2.49. The van der Waals surface area contributed by atoms with Crippen molar-refractivity contribution in [1.29, 1.82) is 5.26 Å². The molecular formula is C26H30ClFN4O2. The molecule has 2 aromatic rings. The standard InChI is InChI=1S/C26H30ClFN4O2/c27-23-17-21(6-7-24(23)28)30-25(33)32(15-14-31-12-1-2-13-31)22-8-10-26(34,11-9-22)20-5-3-4-19(16-20)18-29/h3-7,16-17,22,34H,1-2,8-15H2,(H,30,33). The van der Waals surface area contributed by atoms with Crippen LogP contribution in [-0.2, 0) is 5.60 Å². The van der Waals surface area contributed by atoms with Crippen molar-refractivity contribution in [3.63, 3.8) is 0 Å². The first-order valence-electron chi connectivity index (χ1n) is 11.9. The minimum atomic E-state index is -1.01. The van der Waals surface area contributed by atoms with Gasteiger partial charge in [0.05, 0.1) is 22.3 Å². The molecular weight excluding hydrogens is 455 g/mol. The van der Waals surface area contributed by atoms with Gasteiger partial charge in [-0.05, 0) is 87.5 Å². The summed E-state index contributed by atoms with van der Waals surface area (Å²) < 4.78 is 13.5. The second kappa shape index (κ2) is 10.7. The summed E-state index contributed by atoms with van der Waals surface area (Å²) in [6.45, 7) is 3.46. The molecule has 0 bridgehead atoms. The van der Waals surface area contributed by atoms with Gasteiger partial charge in [-0.3, -0.25) is 0 Å². The van der Waals surface area contributed by atoms with Crippen LogP contribution in [0.5, 0.6) is 0 Å². The van der Waals surface area contributed by atoms with Gasteiger partial charge < -0.3 is 20.2 Å². The summed E-state index contributed by atoms with van der Waals surface area (Å²) in [7, 11) is 0. The monoisotopic (exact) mass is 484 g/mol. The molecule has 4 rings (SSSR count). The number of anilines is 1. The zero-order chi connectivity index (χ0) is 24.1. The largest absolute Gasteiger partial charge is 0.385 e. The highest BCUT2D eigenvalue weighted by Crippen LogP contribution is 2.39. The number of nitrogens with zero attached hydrogens (tertiary/aromatic N) is 3. The summed E-state index contributed by atoms with van der Waals surface area (Å²) >= 11 is 5.89. The number of aliphatic hydroxyl groups is 1. The van der Waals surface area contributed by atoms with Crippen LogP contribution in [0.15, 0.2) is 42.5 Å². The van der Waals surface area contributed by atoms with Crippen molar-refractivity contribution in [2.45, 2.75) is 50.2 Å². The minimum absolute atomic E-state index is 0.0297. The summed E-state index contributed by atoms with van der Waals surface area (Å²) in [4.78, 5) is 17.5. The lowest BCUT2D eigenvalue weighted by Gasteiger charge is -2.41. The molecule has 2 fully saturated rings. The highest BCUT2D eigenvalue weighted by Gasteiger charge is 2.38. The maximum Gasteiger partial charge on any atom is 0.322 e. The molecule has 180 valence electrons. The Kier molecular flexibility index (Phi) is 7.72. The smallest absolute Gasteiger partial charge is 0.322 e. The van der Waals surface area contributed by atoms with Crippen LogP contribution in [0.3, 0.4) is 0 Å². The third-order valence-corrected chi connectivity index (χ3v) is 7.33. The van der Waals surface area contributed by atoms with Crippen molar-refractivity contribution in [3.05, 3.63) is 64.4 Å². The fourth-order valence-electron chi connectivity index (χ4n) is 5.03. The summed E-state index contributed by atoms with van der Waals surface area (Å²) in [5, 5.41) is 23.3. The van der Waals surface area contributed by atoms with Gasteiger partial charge in [-0.15, -0.1) is 0 Å². The van der Waals surface area contributed by atoms with Gasteiger partial charge in [0.25, 0.3) is 0 Å². The van der Waals surface area contributed by atoms with Gasteiger partial charge in [0.2, 0.25) is 0 Å². The first-order valence-corrected chi connectivity index (χ1v) is 12.2. The molecule has 34 heavy (non-hydrogen) atoms. The molecule has 1 saturated heterocycles. The van der Waals surface area contributed by atoms with Crippen molar-refractivity contribution >= 4 is 23.3 Å². The number of hydrogen-bond donors (Lipinski definition) is 2. The number of likely N-dealkylation sites (tertiary alicyclic amines) is 1. The van der Waals surface area contributed by atoms with Crippen molar-refractivity contribution < 1.29 is 14.3 Å². The van der Waals surface area contributed by atoms with E-state index in [1.54, 1.807) is 18.2 Å². The molecule has 0 spiro atoms. The minimum Gasteiger partial charge on any atom is -0.385 e. The van der Waals surface area contributed by atoms with Crippen molar-refractivity contribution in [3.8, 4) is 6.07 Å². The lowest BCUT2D eigenvalue weighted by molar-refractivity contribution is -0.0198. The topological polar surface area (TPSA) is 79.6 Å². The summed E-state index contributed by atoms with van der Waals surface area (Å²) in [6.07, 6.45) is 4.65. The Hall–Kier alpha value is -2.66. The summed E-state index contributed by atoms with van der Waals surface area (Å²) in [5.74, 6) is -0.530. The predicted molar refractivity (Wildman–Crippen MR) is 130 cm³/mol. The zero-order valence-corrected chi connectivity index (χ0v) is 19.9. The van der Waals surface area contributed by atoms with Gasteiger partial charge in [0.15, 0.2) is 0 Å². The molecule has 0 radical (unpaired) electrons. The molecule has 1 saturated carbocycles. The maximum atomic E-state index is 13.5. The van der Waals surface area contributed by atoms with Crippen LogP contribution in [-0.4, -0.2) is 53.2 Å². The second-order valence-electron chi connectivity index (χ2n) is 9.26. The number of carbonyl (C=O) groups excluding carboxylic acids is 1. The van der Waals surface area contributed by atoms with Crippen LogP contribution in [0.2, 0.25) is 5.02 Å².